The van der Waals surface area contributed by atoms with Crippen molar-refractivity contribution in [3.63, 3.8) is 0 Å². The predicted molar refractivity (Wildman–Crippen MR) is 119 cm³/mol. The van der Waals surface area contributed by atoms with Crippen LogP contribution in [-0.4, -0.2) is 31.0 Å². The lowest BCUT2D eigenvalue weighted by Gasteiger charge is -2.09. The minimum Gasteiger partial charge on any atom is -0.456 e. The van der Waals surface area contributed by atoms with E-state index in [4.69, 9.17) is 4.74 Å². The summed E-state index contributed by atoms with van der Waals surface area (Å²) >= 11 is 0. The lowest BCUT2D eigenvalue weighted by atomic mass is 10.2. The summed E-state index contributed by atoms with van der Waals surface area (Å²) < 4.78 is 9.36. The molecule has 1 aliphatic rings. The summed E-state index contributed by atoms with van der Waals surface area (Å²) in [5, 5.41) is 9.95. The van der Waals surface area contributed by atoms with Crippen molar-refractivity contribution in [3.05, 3.63) is 66.1 Å². The molecule has 2 N–H and O–H groups in total. The highest BCUT2D eigenvalue weighted by Crippen LogP contribution is 2.30. The van der Waals surface area contributed by atoms with E-state index in [1.807, 2.05) is 30.8 Å². The molecule has 0 saturated heterocycles. The van der Waals surface area contributed by atoms with E-state index in [1.54, 1.807) is 47.2 Å². The van der Waals surface area contributed by atoms with Gasteiger partial charge in [0.05, 0.1) is 11.8 Å². The van der Waals surface area contributed by atoms with Crippen molar-refractivity contribution in [2.75, 3.05) is 10.6 Å². The van der Waals surface area contributed by atoms with E-state index in [-0.39, 0.29) is 23.7 Å². The second-order valence-corrected chi connectivity index (χ2v) is 7.97. The summed E-state index contributed by atoms with van der Waals surface area (Å²) in [6.07, 6.45) is 7.22. The maximum Gasteiger partial charge on any atom is 0.257 e. The van der Waals surface area contributed by atoms with Crippen molar-refractivity contribution >= 4 is 29.1 Å². The van der Waals surface area contributed by atoms with Gasteiger partial charge in [0.15, 0.2) is 5.65 Å². The molecule has 32 heavy (non-hydrogen) atoms. The number of carbonyl (C=O) groups excluding carboxylic acids is 2. The maximum atomic E-state index is 12.6. The Kier molecular flexibility index (Phi) is 4.85. The van der Waals surface area contributed by atoms with Crippen LogP contribution in [0.1, 0.15) is 28.8 Å². The average molecular weight is 430 g/mol. The van der Waals surface area contributed by atoms with Crippen molar-refractivity contribution in [3.8, 4) is 11.5 Å². The largest absolute Gasteiger partial charge is 0.456 e. The molecule has 1 fully saturated rings. The SMILES string of the molecule is Cc1cn(C)cc1C(=O)Nc1cccc(Oc2ccc3nc(NC(=O)C4CC4)nn3c2)c1. The molecule has 162 valence electrons. The Morgan fingerprint density at radius 3 is 2.66 bits per heavy atom. The molecule has 0 bridgehead atoms. The first kappa shape index (κ1) is 19.8. The summed E-state index contributed by atoms with van der Waals surface area (Å²) in [6.45, 7) is 1.90. The predicted octanol–water partition coefficient (Wildman–Crippen LogP) is 3.77. The van der Waals surface area contributed by atoms with Crippen LogP contribution in [0.2, 0.25) is 0 Å². The number of aryl methyl sites for hydroxylation is 2. The van der Waals surface area contributed by atoms with Gasteiger partial charge in [0.1, 0.15) is 11.5 Å². The highest BCUT2D eigenvalue weighted by atomic mass is 16.5. The lowest BCUT2D eigenvalue weighted by Crippen LogP contribution is -2.14. The number of carbonyl (C=O) groups is 2. The number of anilines is 2. The number of hydrogen-bond donors (Lipinski definition) is 2. The molecular formula is C23H22N6O3. The second-order valence-electron chi connectivity index (χ2n) is 7.97. The van der Waals surface area contributed by atoms with E-state index in [0.29, 0.717) is 28.4 Å². The quantitative estimate of drug-likeness (QED) is 0.485. The van der Waals surface area contributed by atoms with Crippen molar-refractivity contribution in [1.82, 2.24) is 19.2 Å². The van der Waals surface area contributed by atoms with Crippen LogP contribution in [-0.2, 0) is 11.8 Å². The van der Waals surface area contributed by atoms with Gasteiger partial charge in [-0.2, -0.15) is 4.98 Å². The highest BCUT2D eigenvalue weighted by Gasteiger charge is 2.30. The molecule has 3 heterocycles. The van der Waals surface area contributed by atoms with Gasteiger partial charge in [-0.25, -0.2) is 4.52 Å². The van der Waals surface area contributed by atoms with Crippen LogP contribution in [0.4, 0.5) is 11.6 Å². The zero-order valence-corrected chi connectivity index (χ0v) is 17.7. The maximum absolute atomic E-state index is 12.6. The van der Waals surface area contributed by atoms with Crippen LogP contribution in [0.5, 0.6) is 11.5 Å². The molecule has 0 radical (unpaired) electrons. The molecule has 1 aliphatic carbocycles. The van der Waals surface area contributed by atoms with Gasteiger partial charge in [0.25, 0.3) is 5.91 Å². The number of amides is 2. The Morgan fingerprint density at radius 1 is 1.06 bits per heavy atom. The number of ether oxygens (including phenoxy) is 1. The molecule has 4 aromatic rings. The number of benzene rings is 1. The molecule has 0 atom stereocenters. The number of nitrogens with one attached hydrogen (secondary N) is 2. The molecule has 5 rings (SSSR count). The van der Waals surface area contributed by atoms with E-state index >= 15 is 0 Å². The first-order chi connectivity index (χ1) is 15.4. The van der Waals surface area contributed by atoms with Crippen molar-refractivity contribution in [2.24, 2.45) is 13.0 Å². The van der Waals surface area contributed by atoms with E-state index in [1.165, 1.54) is 0 Å². The fourth-order valence-corrected chi connectivity index (χ4v) is 3.46. The molecule has 0 unspecified atom stereocenters. The number of pyridine rings is 1. The first-order valence-electron chi connectivity index (χ1n) is 10.3. The summed E-state index contributed by atoms with van der Waals surface area (Å²) in [5.74, 6) is 1.25. The van der Waals surface area contributed by atoms with Gasteiger partial charge in [-0.05, 0) is 49.6 Å². The minimum absolute atomic E-state index is 0.0399. The fourth-order valence-electron chi connectivity index (χ4n) is 3.46. The first-order valence-corrected chi connectivity index (χ1v) is 10.3. The summed E-state index contributed by atoms with van der Waals surface area (Å²) in [5.41, 5.74) is 2.76. The van der Waals surface area contributed by atoms with Crippen LogP contribution in [0.3, 0.4) is 0 Å². The summed E-state index contributed by atoms with van der Waals surface area (Å²) in [6, 6.07) is 10.7. The number of hydrogen-bond acceptors (Lipinski definition) is 5. The van der Waals surface area contributed by atoms with E-state index in [2.05, 4.69) is 20.7 Å². The van der Waals surface area contributed by atoms with Crippen LogP contribution in [0, 0.1) is 12.8 Å². The van der Waals surface area contributed by atoms with Gasteiger partial charge in [-0.15, -0.1) is 5.10 Å². The topological polar surface area (TPSA) is 103 Å². The molecular weight excluding hydrogens is 408 g/mol. The van der Waals surface area contributed by atoms with Crippen LogP contribution in [0.15, 0.2) is 55.0 Å². The smallest absolute Gasteiger partial charge is 0.257 e. The van der Waals surface area contributed by atoms with E-state index < -0.39 is 0 Å². The molecule has 1 saturated carbocycles. The van der Waals surface area contributed by atoms with Crippen LogP contribution >= 0.6 is 0 Å². The third-order valence-corrected chi connectivity index (χ3v) is 5.21. The Balaban J connectivity index is 1.29. The van der Waals surface area contributed by atoms with Crippen molar-refractivity contribution < 1.29 is 14.3 Å². The molecule has 9 heteroatoms. The summed E-state index contributed by atoms with van der Waals surface area (Å²) in [4.78, 5) is 28.8. The number of rotatable bonds is 6. The number of aromatic nitrogens is 4. The van der Waals surface area contributed by atoms with Gasteiger partial charge >= 0.3 is 0 Å². The molecule has 1 aromatic carbocycles. The van der Waals surface area contributed by atoms with Gasteiger partial charge < -0.3 is 14.6 Å². The van der Waals surface area contributed by atoms with Crippen molar-refractivity contribution in [1.29, 1.82) is 0 Å². The number of nitrogens with zero attached hydrogens (tertiary/aromatic N) is 4. The normalized spacial score (nSPS) is 13.2. The second kappa shape index (κ2) is 7.84. The van der Waals surface area contributed by atoms with Gasteiger partial charge in [-0.3, -0.25) is 14.9 Å². The fraction of sp³-hybridized carbons (Fsp3) is 0.217. The van der Waals surface area contributed by atoms with Gasteiger partial charge in [0.2, 0.25) is 11.9 Å². The Morgan fingerprint density at radius 2 is 1.91 bits per heavy atom. The molecule has 9 nitrogen and oxygen atoms in total. The van der Waals surface area contributed by atoms with Gasteiger partial charge in [-0.1, -0.05) is 6.07 Å². The summed E-state index contributed by atoms with van der Waals surface area (Å²) in [7, 11) is 1.88. The van der Waals surface area contributed by atoms with E-state index in [0.717, 1.165) is 18.4 Å². The Hall–Kier alpha value is -4.14. The van der Waals surface area contributed by atoms with Crippen molar-refractivity contribution in [2.45, 2.75) is 19.8 Å². The van der Waals surface area contributed by atoms with Crippen LogP contribution < -0.4 is 15.4 Å². The Labute approximate surface area is 184 Å². The average Bonchev–Trinajstić information content (AvgIpc) is 3.44. The zero-order chi connectivity index (χ0) is 22.2. The minimum atomic E-state index is -0.176. The molecule has 0 aliphatic heterocycles. The number of fused-ring (bicyclic) bond motifs is 1. The zero-order valence-electron chi connectivity index (χ0n) is 17.7. The standard InChI is InChI=1S/C23H22N6O3/c1-14-11-28(2)13-19(14)22(31)24-16-4-3-5-17(10-16)32-18-8-9-20-25-23(27-29(20)12-18)26-21(30)15-6-7-15/h3-5,8-13,15H,6-7H2,1-2H3,(H,24,31)(H,26,27,30). The Bertz CT molecular complexity index is 1330. The molecule has 0 spiro atoms. The highest BCUT2D eigenvalue weighted by molar-refractivity contribution is 6.05. The van der Waals surface area contributed by atoms with E-state index in [9.17, 15) is 9.59 Å². The van der Waals surface area contributed by atoms with Gasteiger partial charge in [0, 0.05) is 37.1 Å². The molecule has 3 aromatic heterocycles. The monoisotopic (exact) mass is 430 g/mol. The third kappa shape index (κ3) is 4.18. The van der Waals surface area contributed by atoms with Crippen LogP contribution in [0.25, 0.3) is 5.65 Å². The molecule has 2 amide bonds. The lowest BCUT2D eigenvalue weighted by molar-refractivity contribution is -0.117. The third-order valence-electron chi connectivity index (χ3n) is 5.21.